The molecule has 8 nitrogen and oxygen atoms in total. The van der Waals surface area contributed by atoms with Crippen molar-refractivity contribution in [2.45, 2.75) is 13.8 Å². The zero-order valence-electron chi connectivity index (χ0n) is 13.9. The number of carbonyl (C=O) groups is 1. The number of amides is 1. The number of aryl methyl sites for hydroxylation is 2. The number of halogens is 1. The zero-order valence-corrected chi connectivity index (χ0v) is 15.5. The highest BCUT2D eigenvalue weighted by Gasteiger charge is 2.19. The van der Waals surface area contributed by atoms with Crippen LogP contribution in [0.3, 0.4) is 0 Å². The van der Waals surface area contributed by atoms with E-state index in [0.29, 0.717) is 39.7 Å². The fourth-order valence-corrected chi connectivity index (χ4v) is 2.89. The summed E-state index contributed by atoms with van der Waals surface area (Å²) in [7, 11) is 0. The molecule has 0 saturated carbocycles. The van der Waals surface area contributed by atoms with E-state index in [2.05, 4.69) is 41.5 Å². The van der Waals surface area contributed by atoms with Crippen LogP contribution in [0.2, 0.25) is 0 Å². The third-order valence-corrected chi connectivity index (χ3v) is 4.27. The smallest absolute Gasteiger partial charge is 0.258 e. The second-order valence-electron chi connectivity index (χ2n) is 5.68. The minimum absolute atomic E-state index is 0.300. The summed E-state index contributed by atoms with van der Waals surface area (Å²) in [5, 5.41) is 11.6. The minimum atomic E-state index is -0.300. The highest BCUT2D eigenvalue weighted by Crippen LogP contribution is 2.23. The maximum atomic E-state index is 12.9. The number of nitrogens with zero attached hydrogens (tertiary/aromatic N) is 5. The number of aromatic nitrogens is 5. The van der Waals surface area contributed by atoms with E-state index in [1.165, 1.54) is 0 Å². The van der Waals surface area contributed by atoms with E-state index in [-0.39, 0.29) is 5.91 Å². The van der Waals surface area contributed by atoms with E-state index in [9.17, 15) is 4.79 Å². The van der Waals surface area contributed by atoms with Gasteiger partial charge in [0.15, 0.2) is 5.82 Å². The average Bonchev–Trinajstić information content (AvgIpc) is 3.22. The normalized spacial score (nSPS) is 11.0. The molecule has 0 bridgehead atoms. The van der Waals surface area contributed by atoms with Gasteiger partial charge in [0.1, 0.15) is 5.82 Å². The first-order chi connectivity index (χ1) is 12.5. The molecule has 4 rings (SSSR count). The third kappa shape index (κ3) is 2.86. The number of pyridine rings is 2. The molecular weight excluding hydrogens is 400 g/mol. The number of nitrogens with one attached hydrogen (secondary N) is 1. The highest BCUT2D eigenvalue weighted by molar-refractivity contribution is 9.10. The van der Waals surface area contributed by atoms with Crippen LogP contribution >= 0.6 is 15.9 Å². The molecule has 4 aromatic heterocycles. The summed E-state index contributed by atoms with van der Waals surface area (Å²) in [6, 6.07) is 7.06. The monoisotopic (exact) mass is 412 g/mol. The Kier molecular flexibility index (Phi) is 4.00. The molecule has 0 unspecified atom stereocenters. The van der Waals surface area contributed by atoms with E-state index >= 15 is 0 Å². The topological polar surface area (TPSA) is 98.7 Å². The molecule has 130 valence electrons. The van der Waals surface area contributed by atoms with Crippen LogP contribution in [-0.4, -0.2) is 30.8 Å². The lowest BCUT2D eigenvalue weighted by Crippen LogP contribution is -2.16. The number of hydrogen-bond donors (Lipinski definition) is 1. The van der Waals surface area contributed by atoms with Crippen LogP contribution in [0.25, 0.3) is 16.9 Å². The summed E-state index contributed by atoms with van der Waals surface area (Å²) in [6.45, 7) is 3.57. The van der Waals surface area contributed by atoms with Crippen molar-refractivity contribution in [3.8, 4) is 5.82 Å². The van der Waals surface area contributed by atoms with E-state index in [1.54, 1.807) is 49.1 Å². The van der Waals surface area contributed by atoms with Gasteiger partial charge in [-0.3, -0.25) is 4.79 Å². The van der Waals surface area contributed by atoms with E-state index < -0.39 is 0 Å². The molecule has 9 heteroatoms. The van der Waals surface area contributed by atoms with E-state index in [4.69, 9.17) is 4.52 Å². The highest BCUT2D eigenvalue weighted by atomic mass is 79.9. The number of rotatable bonds is 3. The summed E-state index contributed by atoms with van der Waals surface area (Å²) >= 11 is 3.35. The first-order valence-corrected chi connectivity index (χ1v) is 8.53. The Morgan fingerprint density at radius 2 is 2.12 bits per heavy atom. The van der Waals surface area contributed by atoms with Crippen molar-refractivity contribution in [2.75, 3.05) is 5.32 Å². The Morgan fingerprint density at radius 3 is 2.88 bits per heavy atom. The lowest BCUT2D eigenvalue weighted by molar-refractivity contribution is 0.102. The van der Waals surface area contributed by atoms with Gasteiger partial charge in [-0.2, -0.15) is 9.78 Å². The Hall–Kier alpha value is -3.07. The molecule has 0 spiro atoms. The van der Waals surface area contributed by atoms with Gasteiger partial charge >= 0.3 is 0 Å². The van der Waals surface area contributed by atoms with Crippen LogP contribution in [0.5, 0.6) is 0 Å². The maximum Gasteiger partial charge on any atom is 0.258 e. The largest absolute Gasteiger partial charge is 0.336 e. The molecule has 4 heterocycles. The number of fused-ring (bicyclic) bond motifs is 1. The Bertz CT molecular complexity index is 1120. The van der Waals surface area contributed by atoms with Gasteiger partial charge in [-0.15, -0.1) is 0 Å². The molecule has 1 N–H and O–H groups in total. The van der Waals surface area contributed by atoms with Gasteiger partial charge < -0.3 is 9.84 Å². The Balaban J connectivity index is 1.71. The lowest BCUT2D eigenvalue weighted by atomic mass is 10.1. The van der Waals surface area contributed by atoms with Gasteiger partial charge in [0.05, 0.1) is 22.8 Å². The predicted molar refractivity (Wildman–Crippen MR) is 98.3 cm³/mol. The van der Waals surface area contributed by atoms with Gasteiger partial charge in [-0.05, 0) is 48.0 Å². The lowest BCUT2D eigenvalue weighted by Gasteiger charge is -2.09. The summed E-state index contributed by atoms with van der Waals surface area (Å²) in [5.74, 6) is 0.790. The summed E-state index contributed by atoms with van der Waals surface area (Å²) in [4.78, 5) is 21.5. The number of hydrogen-bond acceptors (Lipinski definition) is 6. The van der Waals surface area contributed by atoms with Gasteiger partial charge in [0.25, 0.3) is 11.6 Å². The van der Waals surface area contributed by atoms with Crippen molar-refractivity contribution in [2.24, 2.45) is 0 Å². The molecule has 1 amide bonds. The first kappa shape index (κ1) is 16.4. The quantitative estimate of drug-likeness (QED) is 0.553. The standard InChI is InChI=1S/C17H13BrN6O2/c1-9-7-12(15-10(2)23-26-17(15)21-9)16(25)22-14-5-6-20-24(14)13-4-3-11(18)8-19-13/h3-8H,1-2H3,(H,22,25). The van der Waals surface area contributed by atoms with Crippen molar-refractivity contribution in [1.29, 1.82) is 0 Å². The molecular formula is C17H13BrN6O2. The van der Waals surface area contributed by atoms with Crippen molar-refractivity contribution >= 4 is 38.8 Å². The predicted octanol–water partition coefficient (Wildman–Crippen LogP) is 3.44. The van der Waals surface area contributed by atoms with Crippen molar-refractivity contribution in [1.82, 2.24) is 24.9 Å². The van der Waals surface area contributed by atoms with Gasteiger partial charge in [0, 0.05) is 22.4 Å². The van der Waals surface area contributed by atoms with Crippen LogP contribution < -0.4 is 5.32 Å². The van der Waals surface area contributed by atoms with Crippen molar-refractivity contribution < 1.29 is 9.32 Å². The fraction of sp³-hybridized carbons (Fsp3) is 0.118. The summed E-state index contributed by atoms with van der Waals surface area (Å²) < 4.78 is 7.60. The molecule has 0 saturated heterocycles. The van der Waals surface area contributed by atoms with Crippen molar-refractivity contribution in [3.63, 3.8) is 0 Å². The molecule has 0 atom stereocenters. The van der Waals surface area contributed by atoms with Crippen LogP contribution in [0.4, 0.5) is 5.82 Å². The average molecular weight is 413 g/mol. The second kappa shape index (κ2) is 6.34. The first-order valence-electron chi connectivity index (χ1n) is 7.74. The van der Waals surface area contributed by atoms with Crippen LogP contribution in [0.1, 0.15) is 21.7 Å². The molecule has 0 aromatic carbocycles. The maximum absolute atomic E-state index is 12.9. The Morgan fingerprint density at radius 1 is 1.27 bits per heavy atom. The molecule has 26 heavy (non-hydrogen) atoms. The number of anilines is 1. The van der Waals surface area contributed by atoms with E-state index in [0.717, 1.165) is 4.47 Å². The van der Waals surface area contributed by atoms with Crippen molar-refractivity contribution in [3.05, 3.63) is 58.1 Å². The van der Waals surface area contributed by atoms with Crippen LogP contribution in [0, 0.1) is 13.8 Å². The molecule has 0 aliphatic carbocycles. The molecule has 0 radical (unpaired) electrons. The van der Waals surface area contributed by atoms with E-state index in [1.807, 2.05) is 6.07 Å². The molecule has 0 fully saturated rings. The minimum Gasteiger partial charge on any atom is -0.336 e. The van der Waals surface area contributed by atoms with Crippen LogP contribution in [0.15, 0.2) is 45.7 Å². The fourth-order valence-electron chi connectivity index (χ4n) is 2.65. The zero-order chi connectivity index (χ0) is 18.3. The SMILES string of the molecule is Cc1cc(C(=O)Nc2ccnn2-c2ccc(Br)cn2)c2c(C)noc2n1. The number of carbonyl (C=O) groups excluding carboxylic acids is 1. The van der Waals surface area contributed by atoms with Crippen LogP contribution in [-0.2, 0) is 0 Å². The molecule has 4 aromatic rings. The van der Waals surface area contributed by atoms with Gasteiger partial charge in [-0.1, -0.05) is 5.16 Å². The molecule has 0 aliphatic rings. The Labute approximate surface area is 156 Å². The third-order valence-electron chi connectivity index (χ3n) is 3.80. The second-order valence-corrected chi connectivity index (χ2v) is 6.59. The van der Waals surface area contributed by atoms with Gasteiger partial charge in [-0.25, -0.2) is 9.97 Å². The molecule has 0 aliphatic heterocycles. The van der Waals surface area contributed by atoms with Gasteiger partial charge in [0.2, 0.25) is 0 Å². The summed E-state index contributed by atoms with van der Waals surface area (Å²) in [6.07, 6.45) is 3.26. The summed E-state index contributed by atoms with van der Waals surface area (Å²) in [5.41, 5.74) is 2.07.